The van der Waals surface area contributed by atoms with Gasteiger partial charge in [0.25, 0.3) is 0 Å². The van der Waals surface area contributed by atoms with Gasteiger partial charge in [-0.2, -0.15) is 0 Å². The zero-order valence-electron chi connectivity index (χ0n) is 29.6. The normalized spacial score (nSPS) is 12.0. The van der Waals surface area contributed by atoms with Crippen LogP contribution in [0.1, 0.15) is 54.4 Å². The number of hydrogen-bond acceptors (Lipinski definition) is 7. The van der Waals surface area contributed by atoms with E-state index < -0.39 is 5.63 Å². The molecule has 49 heavy (non-hydrogen) atoms. The molecule has 266 valence electrons. The Balaban J connectivity index is 0.000000223. The number of fused-ring (bicyclic) bond motifs is 3. The Morgan fingerprint density at radius 3 is 1.88 bits per heavy atom. The van der Waals surface area contributed by atoms with Gasteiger partial charge in [0.05, 0.1) is 71.8 Å². The lowest BCUT2D eigenvalue weighted by Crippen LogP contribution is -2.48. The molecule has 0 atom stereocenters. The number of ether oxygens (including phenoxy) is 2. The molecule has 0 spiro atoms. The van der Waals surface area contributed by atoms with Crippen molar-refractivity contribution >= 4 is 64.8 Å². The highest BCUT2D eigenvalue weighted by Crippen LogP contribution is 2.41. The van der Waals surface area contributed by atoms with Crippen molar-refractivity contribution in [2.45, 2.75) is 54.4 Å². The van der Waals surface area contributed by atoms with Crippen LogP contribution in [0.3, 0.4) is 0 Å². The first-order chi connectivity index (χ1) is 23.6. The van der Waals surface area contributed by atoms with Gasteiger partial charge in [-0.25, -0.2) is 9.59 Å². The predicted molar refractivity (Wildman–Crippen MR) is 204 cm³/mol. The maximum atomic E-state index is 11.7. The van der Waals surface area contributed by atoms with E-state index in [1.165, 1.54) is 6.07 Å². The van der Waals surface area contributed by atoms with Gasteiger partial charge in [0.2, 0.25) is 5.75 Å². The SMILES string of the molecule is CC[N+](CC)(CC)CCCOc1c2occc2c(Br)c2ccc(=O)oc12.CC[N+](CC)(CC)CCCOc1ccc2cc(Br)c(=O)oc2c1. The van der Waals surface area contributed by atoms with Gasteiger partial charge in [-0.05, 0) is 104 Å². The molecule has 0 radical (unpaired) electrons. The van der Waals surface area contributed by atoms with Crippen molar-refractivity contribution < 1.29 is 31.7 Å². The van der Waals surface area contributed by atoms with Crippen molar-refractivity contribution in [2.75, 3.05) is 65.6 Å². The van der Waals surface area contributed by atoms with E-state index in [-0.39, 0.29) is 5.63 Å². The fourth-order valence-corrected chi connectivity index (χ4v) is 7.36. The van der Waals surface area contributed by atoms with Crippen LogP contribution in [0, 0.1) is 0 Å². The molecule has 2 aromatic carbocycles. The molecule has 0 aliphatic heterocycles. The van der Waals surface area contributed by atoms with Gasteiger partial charge in [0.15, 0.2) is 11.2 Å². The lowest BCUT2D eigenvalue weighted by Gasteiger charge is -2.35. The van der Waals surface area contributed by atoms with Crippen molar-refractivity contribution in [1.29, 1.82) is 0 Å². The van der Waals surface area contributed by atoms with E-state index in [0.29, 0.717) is 40.2 Å². The first-order valence-corrected chi connectivity index (χ1v) is 19.0. The third-order valence-corrected chi connectivity index (χ3v) is 11.5. The maximum Gasteiger partial charge on any atom is 0.350 e. The second-order valence-electron chi connectivity index (χ2n) is 12.3. The average molecular weight is 807 g/mol. The molecule has 0 N–H and O–H groups in total. The zero-order chi connectivity index (χ0) is 35.6. The minimum Gasteiger partial charge on any atom is -0.493 e. The fourth-order valence-electron chi connectivity index (χ4n) is 6.41. The summed E-state index contributed by atoms with van der Waals surface area (Å²) in [7, 11) is 0. The molecule has 9 nitrogen and oxygen atoms in total. The summed E-state index contributed by atoms with van der Waals surface area (Å²) in [6.07, 6.45) is 3.55. The lowest BCUT2D eigenvalue weighted by atomic mass is 10.1. The van der Waals surface area contributed by atoms with E-state index in [4.69, 9.17) is 22.7 Å². The topological polar surface area (TPSA) is 92.0 Å². The van der Waals surface area contributed by atoms with Gasteiger partial charge in [0.1, 0.15) is 15.8 Å². The van der Waals surface area contributed by atoms with Gasteiger partial charge >= 0.3 is 11.3 Å². The highest BCUT2D eigenvalue weighted by molar-refractivity contribution is 9.11. The smallest absolute Gasteiger partial charge is 0.350 e. The van der Waals surface area contributed by atoms with E-state index in [1.807, 2.05) is 18.2 Å². The molecule has 0 aliphatic carbocycles. The summed E-state index contributed by atoms with van der Waals surface area (Å²) in [6, 6.07) is 12.4. The average Bonchev–Trinajstić information content (AvgIpc) is 3.61. The minimum atomic E-state index is -0.404. The van der Waals surface area contributed by atoms with Gasteiger partial charge in [-0.3, -0.25) is 0 Å². The second-order valence-corrected chi connectivity index (χ2v) is 14.0. The largest absolute Gasteiger partial charge is 0.493 e. The summed E-state index contributed by atoms with van der Waals surface area (Å²) in [4.78, 5) is 23.3. The monoisotopic (exact) mass is 804 g/mol. The molecule has 0 saturated heterocycles. The summed E-state index contributed by atoms with van der Waals surface area (Å²) in [5, 5.41) is 2.58. The Labute approximate surface area is 305 Å². The van der Waals surface area contributed by atoms with Crippen LogP contribution in [0.4, 0.5) is 0 Å². The van der Waals surface area contributed by atoms with Gasteiger partial charge < -0.3 is 31.7 Å². The number of hydrogen-bond donors (Lipinski definition) is 0. The van der Waals surface area contributed by atoms with E-state index in [0.717, 1.165) is 101 Å². The first-order valence-electron chi connectivity index (χ1n) is 17.4. The Morgan fingerprint density at radius 2 is 1.27 bits per heavy atom. The molecule has 3 aromatic heterocycles. The third kappa shape index (κ3) is 9.17. The molecule has 0 fully saturated rings. The van der Waals surface area contributed by atoms with E-state index in [9.17, 15) is 9.59 Å². The minimum absolute atomic E-state index is 0.370. The third-order valence-electron chi connectivity index (χ3n) is 10.1. The Morgan fingerprint density at radius 1 is 0.673 bits per heavy atom. The molecular weight excluding hydrogens is 756 g/mol. The van der Waals surface area contributed by atoms with Gasteiger partial charge in [-0.15, -0.1) is 0 Å². The number of rotatable bonds is 16. The molecular formula is C38H50Br2N2O7+2. The number of benzene rings is 2. The van der Waals surface area contributed by atoms with Crippen molar-refractivity contribution in [1.82, 2.24) is 0 Å². The van der Waals surface area contributed by atoms with Gasteiger partial charge in [-0.1, -0.05) is 0 Å². The number of halogens is 2. The lowest BCUT2D eigenvalue weighted by molar-refractivity contribution is -0.923. The van der Waals surface area contributed by atoms with E-state index >= 15 is 0 Å². The van der Waals surface area contributed by atoms with Crippen LogP contribution in [0.15, 0.2) is 80.5 Å². The molecule has 3 heterocycles. The maximum absolute atomic E-state index is 11.7. The van der Waals surface area contributed by atoms with Crippen molar-refractivity contribution in [2.24, 2.45) is 0 Å². The predicted octanol–water partition coefficient (Wildman–Crippen LogP) is 9.15. The van der Waals surface area contributed by atoms with Crippen LogP contribution in [-0.4, -0.2) is 74.5 Å². The molecule has 5 aromatic rings. The van der Waals surface area contributed by atoms with Crippen LogP contribution in [0.5, 0.6) is 11.5 Å². The highest BCUT2D eigenvalue weighted by Gasteiger charge is 2.22. The standard InChI is InChI=1S/C20H25BrNO4.C18H25BrNO3/c1-4-22(5-2,6-3)11-7-12-24-20-18-15(10-13-25-18)17(21)14-8-9-16(23)26-19(14)20;1-4-20(5-2,6-3)10-7-11-22-15-9-8-14-12-16(19)18(21)23-17(14)13-15/h8-10,13H,4-7,11-12H2,1-3H3;8-9,12-13H,4-7,10-11H2,1-3H3/q2*+1. The summed E-state index contributed by atoms with van der Waals surface area (Å²) in [5.74, 6) is 1.24. The van der Waals surface area contributed by atoms with Crippen LogP contribution in [0.25, 0.3) is 32.9 Å². The number of nitrogens with zero attached hydrogens (tertiary/aromatic N) is 2. The van der Waals surface area contributed by atoms with Crippen molar-refractivity contribution in [3.05, 3.63) is 78.5 Å². The van der Waals surface area contributed by atoms with Crippen LogP contribution in [-0.2, 0) is 0 Å². The first kappa shape index (κ1) is 38.7. The molecule has 0 bridgehead atoms. The quantitative estimate of drug-likeness (QED) is 0.0558. The molecule has 5 rings (SSSR count). The second kappa shape index (κ2) is 17.7. The number of furan rings is 1. The van der Waals surface area contributed by atoms with E-state index in [1.54, 1.807) is 24.5 Å². The van der Waals surface area contributed by atoms with Crippen LogP contribution < -0.4 is 20.7 Å². The summed E-state index contributed by atoms with van der Waals surface area (Å²) >= 11 is 6.76. The Bertz CT molecular complexity index is 1920. The molecule has 0 amide bonds. The van der Waals surface area contributed by atoms with Crippen molar-refractivity contribution in [3.8, 4) is 11.5 Å². The molecule has 0 unspecified atom stereocenters. The summed E-state index contributed by atoms with van der Waals surface area (Å²) in [5.41, 5.74) is 0.802. The highest BCUT2D eigenvalue weighted by atomic mass is 79.9. The zero-order valence-corrected chi connectivity index (χ0v) is 32.8. The molecule has 0 saturated carbocycles. The fraction of sp³-hybridized carbons (Fsp3) is 0.474. The summed E-state index contributed by atoms with van der Waals surface area (Å²) < 4.78 is 31.7. The number of quaternary nitrogens is 2. The van der Waals surface area contributed by atoms with Crippen LogP contribution >= 0.6 is 31.9 Å². The molecule has 0 aliphatic rings. The Hall–Kier alpha value is -3.12. The van der Waals surface area contributed by atoms with Crippen LogP contribution in [0.2, 0.25) is 0 Å². The van der Waals surface area contributed by atoms with Gasteiger partial charge in [0, 0.05) is 45.6 Å². The summed E-state index contributed by atoms with van der Waals surface area (Å²) in [6.45, 7) is 23.7. The Kier molecular flexibility index (Phi) is 14.0. The van der Waals surface area contributed by atoms with Crippen molar-refractivity contribution in [3.63, 3.8) is 0 Å². The van der Waals surface area contributed by atoms with E-state index in [2.05, 4.69) is 73.4 Å². The molecule has 11 heteroatoms.